The lowest BCUT2D eigenvalue weighted by molar-refractivity contribution is -0.226. The summed E-state index contributed by atoms with van der Waals surface area (Å²) < 4.78 is 38.4. The standard InChI is InChI=1S/C9H6ClF3N4/c10-8-16-5-2-6(17(8)9(11,12)13)7-14-3-1-4-15-7/h1-5,8H. The maximum absolute atomic E-state index is 12.8. The highest BCUT2D eigenvalue weighted by Gasteiger charge is 2.44. The van der Waals surface area contributed by atoms with Gasteiger partial charge in [-0.05, 0) is 12.1 Å². The minimum Gasteiger partial charge on any atom is -0.253 e. The number of hydrogen-bond acceptors (Lipinski definition) is 4. The van der Waals surface area contributed by atoms with E-state index in [0.717, 1.165) is 0 Å². The Hall–Kier alpha value is -1.63. The van der Waals surface area contributed by atoms with Crippen LogP contribution in [-0.2, 0) is 0 Å². The third-order valence-corrected chi connectivity index (χ3v) is 2.29. The van der Waals surface area contributed by atoms with Crippen LogP contribution in [0.1, 0.15) is 5.82 Å². The summed E-state index contributed by atoms with van der Waals surface area (Å²) in [7, 11) is 0. The predicted molar refractivity (Wildman–Crippen MR) is 56.0 cm³/mol. The highest BCUT2D eigenvalue weighted by Crippen LogP contribution is 2.35. The van der Waals surface area contributed by atoms with Crippen LogP contribution >= 0.6 is 11.6 Å². The van der Waals surface area contributed by atoms with Crippen molar-refractivity contribution < 1.29 is 13.2 Å². The molecule has 0 saturated heterocycles. The summed E-state index contributed by atoms with van der Waals surface area (Å²) in [6, 6.07) is 1.51. The minimum absolute atomic E-state index is 0.00386. The second-order valence-electron chi connectivity index (χ2n) is 3.07. The van der Waals surface area contributed by atoms with Gasteiger partial charge in [0.15, 0.2) is 5.82 Å². The molecule has 0 radical (unpaired) electrons. The molecule has 90 valence electrons. The van der Waals surface area contributed by atoms with Gasteiger partial charge in [0.25, 0.3) is 0 Å². The largest absolute Gasteiger partial charge is 0.487 e. The molecule has 17 heavy (non-hydrogen) atoms. The number of alkyl halides is 4. The van der Waals surface area contributed by atoms with Gasteiger partial charge in [0, 0.05) is 18.6 Å². The highest BCUT2D eigenvalue weighted by molar-refractivity contribution is 6.21. The van der Waals surface area contributed by atoms with Gasteiger partial charge in [-0.15, -0.1) is 13.2 Å². The Morgan fingerprint density at radius 1 is 1.24 bits per heavy atom. The maximum atomic E-state index is 12.8. The fraction of sp³-hybridized carbons (Fsp3) is 0.222. The molecular formula is C9H6ClF3N4. The molecule has 0 saturated carbocycles. The van der Waals surface area contributed by atoms with Gasteiger partial charge >= 0.3 is 6.30 Å². The molecule has 1 aromatic rings. The van der Waals surface area contributed by atoms with Crippen molar-refractivity contribution in [2.45, 2.75) is 11.9 Å². The molecular weight excluding hydrogens is 257 g/mol. The van der Waals surface area contributed by atoms with Crippen molar-refractivity contribution in [2.75, 3.05) is 0 Å². The predicted octanol–water partition coefficient (Wildman–Crippen LogP) is 2.25. The fourth-order valence-electron chi connectivity index (χ4n) is 1.32. The molecule has 0 spiro atoms. The zero-order chi connectivity index (χ0) is 12.5. The van der Waals surface area contributed by atoms with Gasteiger partial charge in [-0.25, -0.2) is 14.9 Å². The van der Waals surface area contributed by atoms with Crippen LogP contribution < -0.4 is 0 Å². The smallest absolute Gasteiger partial charge is 0.253 e. The lowest BCUT2D eigenvalue weighted by Crippen LogP contribution is -2.42. The van der Waals surface area contributed by atoms with Gasteiger partial charge in [0.1, 0.15) is 0 Å². The number of aromatic nitrogens is 2. The molecule has 0 bridgehead atoms. The Labute approximate surface area is 99.5 Å². The van der Waals surface area contributed by atoms with Crippen LogP contribution in [0.2, 0.25) is 0 Å². The molecule has 1 aliphatic heterocycles. The summed E-state index contributed by atoms with van der Waals surface area (Å²) in [4.78, 5) is 11.0. The number of halogens is 4. The van der Waals surface area contributed by atoms with E-state index in [0.29, 0.717) is 0 Å². The van der Waals surface area contributed by atoms with Crippen molar-refractivity contribution in [3.63, 3.8) is 0 Å². The molecule has 0 aliphatic carbocycles. The lowest BCUT2D eigenvalue weighted by Gasteiger charge is -2.31. The molecule has 1 unspecified atom stereocenters. The van der Waals surface area contributed by atoms with Gasteiger partial charge in [-0.1, -0.05) is 11.6 Å². The van der Waals surface area contributed by atoms with Crippen LogP contribution in [0.3, 0.4) is 0 Å². The molecule has 0 amide bonds. The summed E-state index contributed by atoms with van der Waals surface area (Å²) >= 11 is 5.52. The molecule has 1 aromatic heterocycles. The molecule has 4 nitrogen and oxygen atoms in total. The third-order valence-electron chi connectivity index (χ3n) is 1.98. The van der Waals surface area contributed by atoms with Gasteiger partial charge in [-0.2, -0.15) is 0 Å². The van der Waals surface area contributed by atoms with Crippen LogP contribution in [-0.4, -0.2) is 33.0 Å². The van der Waals surface area contributed by atoms with Crippen molar-refractivity contribution >= 4 is 23.5 Å². The zero-order valence-corrected chi connectivity index (χ0v) is 9.02. The first-order chi connectivity index (χ1) is 8.00. The van der Waals surface area contributed by atoms with Crippen molar-refractivity contribution in [1.29, 1.82) is 0 Å². The second kappa shape index (κ2) is 4.33. The van der Waals surface area contributed by atoms with Crippen molar-refractivity contribution in [3.05, 3.63) is 30.4 Å². The number of rotatable bonds is 1. The Bertz CT molecular complexity index is 457. The third kappa shape index (κ3) is 2.38. The monoisotopic (exact) mass is 262 g/mol. The molecule has 2 heterocycles. The zero-order valence-electron chi connectivity index (χ0n) is 8.26. The number of hydrogen-bond donors (Lipinski definition) is 0. The second-order valence-corrected chi connectivity index (χ2v) is 3.46. The number of aliphatic imine (C=N–C) groups is 1. The van der Waals surface area contributed by atoms with E-state index in [-0.39, 0.29) is 16.4 Å². The van der Waals surface area contributed by atoms with E-state index in [1.54, 1.807) is 0 Å². The summed E-state index contributed by atoms with van der Waals surface area (Å²) in [6.07, 6.45) is 0.432. The quantitative estimate of drug-likeness (QED) is 0.576. The first kappa shape index (κ1) is 11.8. The van der Waals surface area contributed by atoms with E-state index >= 15 is 0 Å². The van der Waals surface area contributed by atoms with Crippen LogP contribution in [0.25, 0.3) is 5.70 Å². The number of allylic oxidation sites excluding steroid dienone is 1. The van der Waals surface area contributed by atoms with Crippen LogP contribution in [0, 0.1) is 0 Å². The van der Waals surface area contributed by atoms with Gasteiger partial charge in [-0.3, -0.25) is 4.99 Å². The SMILES string of the molecule is FC(F)(F)N1C(c2ncccn2)=CC=NC1Cl. The Morgan fingerprint density at radius 2 is 1.88 bits per heavy atom. The normalized spacial score (nSPS) is 20.4. The molecule has 0 aromatic carbocycles. The van der Waals surface area contributed by atoms with Crippen molar-refractivity contribution in [2.24, 2.45) is 4.99 Å². The lowest BCUT2D eigenvalue weighted by atomic mass is 10.3. The summed E-state index contributed by atoms with van der Waals surface area (Å²) in [6.45, 7) is 0. The van der Waals surface area contributed by atoms with Crippen LogP contribution in [0.5, 0.6) is 0 Å². The van der Waals surface area contributed by atoms with E-state index in [4.69, 9.17) is 11.6 Å². The van der Waals surface area contributed by atoms with E-state index in [1.807, 2.05) is 0 Å². The summed E-state index contributed by atoms with van der Waals surface area (Å²) in [5, 5.41) is 0. The van der Waals surface area contributed by atoms with Crippen molar-refractivity contribution in [1.82, 2.24) is 14.9 Å². The maximum Gasteiger partial charge on any atom is 0.487 e. The molecule has 0 N–H and O–H groups in total. The highest BCUT2D eigenvalue weighted by atomic mass is 35.5. The average Bonchev–Trinajstić information content (AvgIpc) is 2.28. The van der Waals surface area contributed by atoms with E-state index in [9.17, 15) is 13.2 Å². The number of nitrogens with zero attached hydrogens (tertiary/aromatic N) is 4. The van der Waals surface area contributed by atoms with E-state index < -0.39 is 11.9 Å². The Kier molecular flexibility index (Phi) is 3.01. The Morgan fingerprint density at radius 3 is 2.47 bits per heavy atom. The van der Waals surface area contributed by atoms with Gasteiger partial charge < -0.3 is 0 Å². The van der Waals surface area contributed by atoms with Crippen LogP contribution in [0.15, 0.2) is 29.5 Å². The van der Waals surface area contributed by atoms with Gasteiger partial charge in [0.2, 0.25) is 5.62 Å². The minimum atomic E-state index is -4.64. The first-order valence-electron chi connectivity index (χ1n) is 4.51. The van der Waals surface area contributed by atoms with Crippen LogP contribution in [0.4, 0.5) is 13.2 Å². The van der Waals surface area contributed by atoms with E-state index in [1.165, 1.54) is 30.8 Å². The topological polar surface area (TPSA) is 41.4 Å². The molecule has 0 fully saturated rings. The molecule has 8 heteroatoms. The molecule has 1 aliphatic rings. The van der Waals surface area contributed by atoms with Gasteiger partial charge in [0.05, 0.1) is 5.70 Å². The van der Waals surface area contributed by atoms with Crippen molar-refractivity contribution in [3.8, 4) is 0 Å². The first-order valence-corrected chi connectivity index (χ1v) is 4.95. The Balaban J connectivity index is 2.44. The average molecular weight is 263 g/mol. The summed E-state index contributed by atoms with van der Waals surface area (Å²) in [5.41, 5.74) is -1.77. The summed E-state index contributed by atoms with van der Waals surface area (Å²) in [5.74, 6) is -0.0541. The molecule has 1 atom stereocenters. The van der Waals surface area contributed by atoms with E-state index in [2.05, 4.69) is 15.0 Å². The fourth-order valence-corrected chi connectivity index (χ4v) is 1.60. The molecule has 2 rings (SSSR count).